The van der Waals surface area contributed by atoms with Gasteiger partial charge in [0.05, 0.1) is 12.4 Å². The Bertz CT molecular complexity index is 1220. The Labute approximate surface area is 233 Å². The summed E-state index contributed by atoms with van der Waals surface area (Å²) >= 11 is 0. The second-order valence-electron chi connectivity index (χ2n) is 9.22. The topological polar surface area (TPSA) is 280 Å². The average molecular weight is 576 g/mol. The molecule has 4 unspecified atom stereocenters. The molecular weight excluding hydrogens is 542 g/mol. The Hall–Kier alpha value is -4.99. The molecule has 1 aromatic carbocycles. The van der Waals surface area contributed by atoms with Gasteiger partial charge in [-0.1, -0.05) is 12.1 Å². The first-order chi connectivity index (χ1) is 19.3. The molecule has 1 heterocycles. The number of primary amides is 1. The number of carbonyl (C=O) groups excluding carboxylic acids is 4. The van der Waals surface area contributed by atoms with Crippen LogP contribution in [-0.4, -0.2) is 85.0 Å². The van der Waals surface area contributed by atoms with Gasteiger partial charge in [-0.05, 0) is 30.5 Å². The van der Waals surface area contributed by atoms with Crippen molar-refractivity contribution in [2.75, 3.05) is 0 Å². The number of imidazole rings is 1. The van der Waals surface area contributed by atoms with E-state index in [9.17, 15) is 39.0 Å². The molecule has 0 aliphatic heterocycles. The molecule has 0 saturated heterocycles. The summed E-state index contributed by atoms with van der Waals surface area (Å²) in [7, 11) is 0. The molecular formula is C25H33N7O9. The molecule has 0 saturated carbocycles. The summed E-state index contributed by atoms with van der Waals surface area (Å²) in [5, 5.41) is 35.2. The van der Waals surface area contributed by atoms with Gasteiger partial charge in [-0.3, -0.25) is 24.0 Å². The van der Waals surface area contributed by atoms with Crippen LogP contribution in [-0.2, 0) is 41.6 Å². The van der Waals surface area contributed by atoms with Crippen molar-refractivity contribution in [1.29, 1.82) is 0 Å². The number of nitrogens with two attached hydrogens (primary N) is 2. The summed E-state index contributed by atoms with van der Waals surface area (Å²) in [6, 6.07) is 0.318. The van der Waals surface area contributed by atoms with Gasteiger partial charge < -0.3 is 47.7 Å². The van der Waals surface area contributed by atoms with Crippen LogP contribution in [0.5, 0.6) is 5.75 Å². The minimum Gasteiger partial charge on any atom is -0.508 e. The molecule has 4 atom stereocenters. The van der Waals surface area contributed by atoms with E-state index in [1.807, 2.05) is 0 Å². The zero-order valence-corrected chi connectivity index (χ0v) is 21.9. The number of carboxylic acid groups (broad SMARTS) is 2. The Morgan fingerprint density at radius 3 is 1.95 bits per heavy atom. The van der Waals surface area contributed by atoms with E-state index in [-0.39, 0.29) is 31.4 Å². The van der Waals surface area contributed by atoms with E-state index in [0.717, 1.165) is 0 Å². The molecule has 0 radical (unpaired) electrons. The molecule has 2 aromatic rings. The Morgan fingerprint density at radius 1 is 0.829 bits per heavy atom. The first-order valence-electron chi connectivity index (χ1n) is 12.5. The van der Waals surface area contributed by atoms with Gasteiger partial charge in [-0.2, -0.15) is 0 Å². The number of aromatic hydroxyl groups is 1. The van der Waals surface area contributed by atoms with Crippen molar-refractivity contribution >= 4 is 35.6 Å². The van der Waals surface area contributed by atoms with Gasteiger partial charge in [0.15, 0.2) is 0 Å². The van der Waals surface area contributed by atoms with Crippen molar-refractivity contribution in [3.8, 4) is 5.75 Å². The average Bonchev–Trinajstić information content (AvgIpc) is 3.42. The number of phenolic OH excluding ortho intramolecular Hbond substituents is 1. The molecule has 2 rings (SSSR count). The van der Waals surface area contributed by atoms with Gasteiger partial charge in [0, 0.05) is 37.6 Å². The van der Waals surface area contributed by atoms with Crippen LogP contribution >= 0.6 is 0 Å². The fourth-order valence-electron chi connectivity index (χ4n) is 3.68. The molecule has 222 valence electrons. The van der Waals surface area contributed by atoms with Crippen molar-refractivity contribution in [1.82, 2.24) is 25.9 Å². The van der Waals surface area contributed by atoms with Crippen LogP contribution in [0.1, 0.15) is 36.9 Å². The Morgan fingerprint density at radius 2 is 1.41 bits per heavy atom. The molecule has 0 fully saturated rings. The number of hydrogen-bond donors (Lipinski definition) is 9. The van der Waals surface area contributed by atoms with Crippen molar-refractivity contribution < 1.29 is 44.1 Å². The predicted molar refractivity (Wildman–Crippen MR) is 141 cm³/mol. The lowest BCUT2D eigenvalue weighted by Crippen LogP contribution is -2.58. The van der Waals surface area contributed by atoms with Gasteiger partial charge in [0.1, 0.15) is 23.9 Å². The molecule has 4 amide bonds. The minimum absolute atomic E-state index is 0.0478. The van der Waals surface area contributed by atoms with Crippen LogP contribution in [0.25, 0.3) is 0 Å². The highest BCUT2D eigenvalue weighted by Crippen LogP contribution is 2.12. The highest BCUT2D eigenvalue weighted by atomic mass is 16.4. The molecule has 0 aliphatic carbocycles. The number of aromatic amines is 1. The number of phenols is 1. The lowest BCUT2D eigenvalue weighted by Gasteiger charge is -2.25. The molecule has 41 heavy (non-hydrogen) atoms. The molecule has 16 nitrogen and oxygen atoms in total. The van der Waals surface area contributed by atoms with Crippen LogP contribution in [0.15, 0.2) is 36.8 Å². The summed E-state index contributed by atoms with van der Waals surface area (Å²) in [6.45, 7) is 0. The maximum absolute atomic E-state index is 13.4. The number of hydrogen-bond acceptors (Lipinski definition) is 9. The number of carbonyl (C=O) groups is 6. The summed E-state index contributed by atoms with van der Waals surface area (Å²) in [6.07, 6.45) is 1.37. The van der Waals surface area contributed by atoms with E-state index in [2.05, 4.69) is 25.9 Å². The number of carboxylic acids is 2. The molecule has 0 bridgehead atoms. The third kappa shape index (κ3) is 11.3. The Balaban J connectivity index is 2.28. The first kappa shape index (κ1) is 32.2. The zero-order chi connectivity index (χ0) is 30.5. The van der Waals surface area contributed by atoms with E-state index < -0.39 is 72.6 Å². The van der Waals surface area contributed by atoms with Crippen molar-refractivity contribution in [3.05, 3.63) is 48.0 Å². The summed E-state index contributed by atoms with van der Waals surface area (Å²) in [5.74, 6) is -5.94. The van der Waals surface area contributed by atoms with E-state index >= 15 is 0 Å². The SMILES string of the molecule is NC(=O)CCC(N)C(=O)NC(Cc1cnc[nH]1)C(=O)NC(Cc1ccc(O)cc1)C(=O)NC(CCC(=O)O)C(=O)O. The van der Waals surface area contributed by atoms with Gasteiger partial charge in [-0.25, -0.2) is 9.78 Å². The lowest BCUT2D eigenvalue weighted by atomic mass is 10.0. The Kier molecular flexibility index (Phi) is 12.2. The monoisotopic (exact) mass is 575 g/mol. The maximum atomic E-state index is 13.4. The quantitative estimate of drug-likeness (QED) is 0.0984. The minimum atomic E-state index is -1.55. The first-order valence-corrected chi connectivity index (χ1v) is 12.5. The highest BCUT2D eigenvalue weighted by molar-refractivity contribution is 5.94. The molecule has 1 aromatic heterocycles. The van der Waals surface area contributed by atoms with Gasteiger partial charge in [0.25, 0.3) is 0 Å². The number of aromatic nitrogens is 2. The fraction of sp³-hybridized carbons (Fsp3) is 0.400. The van der Waals surface area contributed by atoms with Crippen molar-refractivity contribution in [2.45, 2.75) is 62.7 Å². The van der Waals surface area contributed by atoms with Crippen molar-refractivity contribution in [2.24, 2.45) is 11.5 Å². The smallest absolute Gasteiger partial charge is 0.326 e. The fourth-order valence-corrected chi connectivity index (χ4v) is 3.68. The van der Waals surface area contributed by atoms with E-state index in [1.54, 1.807) is 0 Å². The number of aliphatic carboxylic acids is 2. The normalized spacial score (nSPS) is 13.7. The summed E-state index contributed by atoms with van der Waals surface area (Å²) < 4.78 is 0. The number of H-pyrrole nitrogens is 1. The standard InChI is InChI=1S/C25H33N7O9/c26-16(5-7-20(27)34)22(37)31-19(10-14-11-28-12-29-14)24(39)32-18(9-13-1-3-15(33)4-2-13)23(38)30-17(25(40)41)6-8-21(35)36/h1-4,11-12,16-19,33H,5-10,26H2,(H2,27,34)(H,28,29)(H,30,38)(H,31,37)(H,32,39)(H,35,36)(H,40,41). The van der Waals surface area contributed by atoms with Gasteiger partial charge >= 0.3 is 11.9 Å². The van der Waals surface area contributed by atoms with E-state index in [0.29, 0.717) is 11.3 Å². The van der Waals surface area contributed by atoms with Gasteiger partial charge in [-0.15, -0.1) is 0 Å². The van der Waals surface area contributed by atoms with E-state index in [1.165, 1.54) is 36.8 Å². The molecule has 16 heteroatoms. The highest BCUT2D eigenvalue weighted by Gasteiger charge is 2.31. The number of nitrogens with zero attached hydrogens (tertiary/aromatic N) is 1. The number of nitrogens with one attached hydrogen (secondary N) is 4. The number of amides is 4. The molecule has 11 N–H and O–H groups in total. The third-order valence-corrected chi connectivity index (χ3v) is 5.92. The number of benzene rings is 1. The summed E-state index contributed by atoms with van der Waals surface area (Å²) in [4.78, 5) is 79.5. The van der Waals surface area contributed by atoms with Crippen molar-refractivity contribution in [3.63, 3.8) is 0 Å². The van der Waals surface area contributed by atoms with Crippen LogP contribution in [0, 0.1) is 0 Å². The zero-order valence-electron chi connectivity index (χ0n) is 21.9. The lowest BCUT2D eigenvalue weighted by molar-refractivity contribution is -0.143. The second-order valence-corrected chi connectivity index (χ2v) is 9.22. The summed E-state index contributed by atoms with van der Waals surface area (Å²) in [5.41, 5.74) is 11.9. The molecule has 0 spiro atoms. The second kappa shape index (κ2) is 15.6. The van der Waals surface area contributed by atoms with Crippen LogP contribution in [0.3, 0.4) is 0 Å². The predicted octanol–water partition coefficient (Wildman–Crippen LogP) is -2.10. The molecule has 0 aliphatic rings. The number of rotatable bonds is 17. The van der Waals surface area contributed by atoms with Crippen LogP contribution < -0.4 is 27.4 Å². The van der Waals surface area contributed by atoms with Crippen LogP contribution in [0.4, 0.5) is 0 Å². The maximum Gasteiger partial charge on any atom is 0.326 e. The third-order valence-electron chi connectivity index (χ3n) is 5.92. The van der Waals surface area contributed by atoms with Crippen LogP contribution in [0.2, 0.25) is 0 Å². The van der Waals surface area contributed by atoms with Gasteiger partial charge in [0.2, 0.25) is 23.6 Å². The largest absolute Gasteiger partial charge is 0.508 e. The van der Waals surface area contributed by atoms with E-state index in [4.69, 9.17) is 16.6 Å².